The molecule has 0 N–H and O–H groups in total. The van der Waals surface area contributed by atoms with E-state index in [0.717, 1.165) is 54.4 Å². The predicted octanol–water partition coefficient (Wildman–Crippen LogP) is 4.08. The summed E-state index contributed by atoms with van der Waals surface area (Å²) in [6, 6.07) is 17.1. The van der Waals surface area contributed by atoms with Crippen LogP contribution in [-0.4, -0.2) is 44.5 Å². The van der Waals surface area contributed by atoms with E-state index < -0.39 is 0 Å². The van der Waals surface area contributed by atoms with E-state index in [1.165, 1.54) is 11.8 Å². The molecule has 2 aromatic heterocycles. The minimum Gasteiger partial charge on any atom is -0.384 e. The molecule has 0 bridgehead atoms. The molecule has 164 valence electrons. The van der Waals surface area contributed by atoms with Crippen LogP contribution < -0.4 is 0 Å². The first-order chi connectivity index (χ1) is 15.7. The SMILES string of the molecule is COCCc1nc(-c2ccccc2)c2n1CCN(Cc1cc(F)ccc1-n1cccn1)C2. The average molecular weight is 432 g/mol. The van der Waals surface area contributed by atoms with Crippen molar-refractivity contribution in [2.75, 3.05) is 20.3 Å². The first kappa shape index (κ1) is 20.6. The molecule has 0 aliphatic carbocycles. The van der Waals surface area contributed by atoms with Gasteiger partial charge in [0, 0.05) is 57.7 Å². The molecule has 0 amide bonds. The van der Waals surface area contributed by atoms with Gasteiger partial charge in [-0.1, -0.05) is 30.3 Å². The van der Waals surface area contributed by atoms with E-state index in [0.29, 0.717) is 13.2 Å². The maximum atomic E-state index is 14.1. The second-order valence-electron chi connectivity index (χ2n) is 8.02. The van der Waals surface area contributed by atoms with Gasteiger partial charge in [0.25, 0.3) is 0 Å². The molecule has 1 aliphatic rings. The van der Waals surface area contributed by atoms with Gasteiger partial charge in [-0.2, -0.15) is 5.10 Å². The molecule has 0 atom stereocenters. The quantitative estimate of drug-likeness (QED) is 0.442. The largest absolute Gasteiger partial charge is 0.384 e. The maximum absolute atomic E-state index is 14.1. The fraction of sp³-hybridized carbons (Fsp3) is 0.280. The third-order valence-electron chi connectivity index (χ3n) is 5.93. The van der Waals surface area contributed by atoms with Gasteiger partial charge >= 0.3 is 0 Å². The Bertz CT molecular complexity index is 1190. The van der Waals surface area contributed by atoms with Gasteiger partial charge in [0.05, 0.1) is 23.7 Å². The predicted molar refractivity (Wildman–Crippen MR) is 121 cm³/mol. The second kappa shape index (κ2) is 9.06. The highest BCUT2D eigenvalue weighted by Gasteiger charge is 2.25. The van der Waals surface area contributed by atoms with Crippen LogP contribution in [0.1, 0.15) is 17.1 Å². The number of hydrogen-bond acceptors (Lipinski definition) is 4. The monoisotopic (exact) mass is 431 g/mol. The van der Waals surface area contributed by atoms with Gasteiger partial charge in [0.2, 0.25) is 0 Å². The summed E-state index contributed by atoms with van der Waals surface area (Å²) in [5, 5.41) is 4.34. The molecule has 0 fully saturated rings. The third kappa shape index (κ3) is 4.09. The summed E-state index contributed by atoms with van der Waals surface area (Å²) in [7, 11) is 1.72. The van der Waals surface area contributed by atoms with Crippen molar-refractivity contribution in [3.05, 3.63) is 89.9 Å². The highest BCUT2D eigenvalue weighted by atomic mass is 19.1. The first-order valence-corrected chi connectivity index (χ1v) is 10.9. The van der Waals surface area contributed by atoms with Crippen molar-refractivity contribution in [2.45, 2.75) is 26.1 Å². The van der Waals surface area contributed by atoms with Gasteiger partial charge in [-0.15, -0.1) is 0 Å². The molecule has 6 nitrogen and oxygen atoms in total. The van der Waals surface area contributed by atoms with Crippen molar-refractivity contribution < 1.29 is 9.13 Å². The standard InChI is InChI=1S/C25H26FN5O/c1-32-15-10-24-28-25(19-6-3-2-4-7-19)23-18-29(13-14-30(23)24)17-20-16-21(26)8-9-22(20)31-12-5-11-27-31/h2-9,11-12,16H,10,13-15,17-18H2,1H3. The summed E-state index contributed by atoms with van der Waals surface area (Å²) >= 11 is 0. The maximum Gasteiger partial charge on any atom is 0.123 e. The Hall–Kier alpha value is -3.29. The molecule has 5 rings (SSSR count). The summed E-state index contributed by atoms with van der Waals surface area (Å²) in [5.41, 5.74) is 5.16. The van der Waals surface area contributed by atoms with Crippen molar-refractivity contribution in [1.29, 1.82) is 0 Å². The molecular weight excluding hydrogens is 405 g/mol. The highest BCUT2D eigenvalue weighted by Crippen LogP contribution is 2.29. The van der Waals surface area contributed by atoms with E-state index >= 15 is 0 Å². The van der Waals surface area contributed by atoms with Crippen LogP contribution in [0.3, 0.4) is 0 Å². The minimum atomic E-state index is -0.232. The normalized spacial score (nSPS) is 13.9. The van der Waals surface area contributed by atoms with Gasteiger partial charge in [-0.05, 0) is 29.8 Å². The third-order valence-corrected chi connectivity index (χ3v) is 5.93. The molecule has 3 heterocycles. The average Bonchev–Trinajstić information content (AvgIpc) is 3.47. The number of methoxy groups -OCH3 is 1. The molecular formula is C25H26FN5O. The number of fused-ring (bicyclic) bond motifs is 1. The molecule has 4 aromatic rings. The number of imidazole rings is 1. The molecule has 0 saturated carbocycles. The summed E-state index contributed by atoms with van der Waals surface area (Å²) in [5.74, 6) is 0.827. The van der Waals surface area contributed by atoms with Crippen molar-refractivity contribution in [3.8, 4) is 16.9 Å². The van der Waals surface area contributed by atoms with E-state index in [1.54, 1.807) is 30.1 Å². The van der Waals surface area contributed by atoms with Crippen LogP contribution in [0.4, 0.5) is 4.39 Å². The van der Waals surface area contributed by atoms with Crippen LogP contribution in [0.25, 0.3) is 16.9 Å². The van der Waals surface area contributed by atoms with Gasteiger partial charge < -0.3 is 9.30 Å². The summed E-state index contributed by atoms with van der Waals surface area (Å²) in [6.07, 6.45) is 4.40. The van der Waals surface area contributed by atoms with Crippen molar-refractivity contribution >= 4 is 0 Å². The Labute approximate surface area is 186 Å². The smallest absolute Gasteiger partial charge is 0.123 e. The molecule has 2 aromatic carbocycles. The number of hydrogen-bond donors (Lipinski definition) is 0. The Balaban J connectivity index is 1.46. The summed E-state index contributed by atoms with van der Waals surface area (Å²) < 4.78 is 23.5. The van der Waals surface area contributed by atoms with E-state index in [2.05, 4.69) is 26.7 Å². The van der Waals surface area contributed by atoms with Crippen LogP contribution in [0.15, 0.2) is 67.0 Å². The minimum absolute atomic E-state index is 0.232. The number of nitrogens with zero attached hydrogens (tertiary/aromatic N) is 5. The van der Waals surface area contributed by atoms with E-state index in [9.17, 15) is 4.39 Å². The molecule has 1 aliphatic heterocycles. The zero-order chi connectivity index (χ0) is 21.9. The zero-order valence-electron chi connectivity index (χ0n) is 18.1. The van der Waals surface area contributed by atoms with Crippen LogP contribution >= 0.6 is 0 Å². The Kier molecular flexibility index (Phi) is 5.83. The van der Waals surface area contributed by atoms with E-state index in [1.807, 2.05) is 30.5 Å². The lowest BCUT2D eigenvalue weighted by Crippen LogP contribution is -2.34. The van der Waals surface area contributed by atoms with E-state index in [-0.39, 0.29) is 5.82 Å². The lowest BCUT2D eigenvalue weighted by molar-refractivity contribution is 0.192. The number of benzene rings is 2. The Morgan fingerprint density at radius 1 is 1.06 bits per heavy atom. The molecule has 0 radical (unpaired) electrons. The number of aromatic nitrogens is 4. The van der Waals surface area contributed by atoms with Crippen LogP contribution in [0, 0.1) is 5.82 Å². The number of rotatable bonds is 7. The zero-order valence-corrected chi connectivity index (χ0v) is 18.1. The molecule has 0 unspecified atom stereocenters. The Morgan fingerprint density at radius 3 is 2.72 bits per heavy atom. The van der Waals surface area contributed by atoms with Gasteiger partial charge in [-0.25, -0.2) is 14.1 Å². The van der Waals surface area contributed by atoms with Crippen LogP contribution in [0.5, 0.6) is 0 Å². The summed E-state index contributed by atoms with van der Waals surface area (Å²) in [6.45, 7) is 3.75. The number of halogens is 1. The summed E-state index contributed by atoms with van der Waals surface area (Å²) in [4.78, 5) is 7.35. The van der Waals surface area contributed by atoms with Crippen LogP contribution in [0.2, 0.25) is 0 Å². The molecule has 7 heteroatoms. The Morgan fingerprint density at radius 2 is 1.94 bits per heavy atom. The lowest BCUT2D eigenvalue weighted by Gasteiger charge is -2.30. The molecule has 0 spiro atoms. The van der Waals surface area contributed by atoms with Gasteiger partial charge in [0.15, 0.2) is 0 Å². The van der Waals surface area contributed by atoms with Crippen molar-refractivity contribution in [1.82, 2.24) is 24.2 Å². The topological polar surface area (TPSA) is 48.1 Å². The molecule has 32 heavy (non-hydrogen) atoms. The van der Waals surface area contributed by atoms with Gasteiger partial charge in [0.1, 0.15) is 11.6 Å². The lowest BCUT2D eigenvalue weighted by atomic mass is 10.1. The first-order valence-electron chi connectivity index (χ1n) is 10.9. The fourth-order valence-corrected chi connectivity index (χ4v) is 4.40. The van der Waals surface area contributed by atoms with Crippen molar-refractivity contribution in [3.63, 3.8) is 0 Å². The highest BCUT2D eigenvalue weighted by molar-refractivity contribution is 5.62. The van der Waals surface area contributed by atoms with E-state index in [4.69, 9.17) is 9.72 Å². The second-order valence-corrected chi connectivity index (χ2v) is 8.02. The van der Waals surface area contributed by atoms with Crippen LogP contribution in [-0.2, 0) is 30.8 Å². The fourth-order valence-electron chi connectivity index (χ4n) is 4.40. The van der Waals surface area contributed by atoms with Gasteiger partial charge in [-0.3, -0.25) is 4.90 Å². The molecule has 0 saturated heterocycles. The van der Waals surface area contributed by atoms with Crippen molar-refractivity contribution in [2.24, 2.45) is 0 Å². The number of ether oxygens (including phenoxy) is 1.